The molecule has 3 aromatic carbocycles. The van der Waals surface area contributed by atoms with Gasteiger partial charge in [0.25, 0.3) is 10.0 Å². The van der Waals surface area contributed by atoms with Crippen LogP contribution in [0.3, 0.4) is 0 Å². The van der Waals surface area contributed by atoms with Crippen molar-refractivity contribution in [2.24, 2.45) is 17.2 Å². The van der Waals surface area contributed by atoms with Gasteiger partial charge < -0.3 is 42.5 Å². The minimum Gasteiger partial charge on any atom is -0.506 e. The quantitative estimate of drug-likeness (QED) is 0.142. The SMILES string of the molecule is Cc1ccc(S(=O)(=O)N(Cc2ccccc2)c2ccc(Nc3nc(N4C[C@H](N)C[C@H](N)C4)nc(N4C[C@H](N)C[C@@H]4CO)n3)cc2O)cc1. The van der Waals surface area contributed by atoms with Crippen molar-refractivity contribution >= 4 is 39.2 Å². The van der Waals surface area contributed by atoms with Gasteiger partial charge in [0.2, 0.25) is 17.8 Å². The van der Waals surface area contributed by atoms with Crippen LogP contribution in [-0.4, -0.2) is 84.0 Å². The molecule has 2 aliphatic heterocycles. The summed E-state index contributed by atoms with van der Waals surface area (Å²) in [4.78, 5) is 17.9. The lowest BCUT2D eigenvalue weighted by Gasteiger charge is -2.35. The molecule has 0 radical (unpaired) electrons. The maximum atomic E-state index is 14.0. The number of nitrogens with one attached hydrogen (secondary N) is 1. The minimum atomic E-state index is -4.06. The Morgan fingerprint density at radius 3 is 2.21 bits per heavy atom. The first kappa shape index (κ1) is 33.4. The maximum Gasteiger partial charge on any atom is 0.264 e. The fourth-order valence-corrected chi connectivity index (χ4v) is 7.69. The van der Waals surface area contributed by atoms with E-state index in [1.165, 1.54) is 10.4 Å². The molecule has 9 N–H and O–H groups in total. The average molecular weight is 675 g/mol. The Labute approximate surface area is 280 Å². The summed E-state index contributed by atoms with van der Waals surface area (Å²) in [5, 5.41) is 24.5. The summed E-state index contributed by atoms with van der Waals surface area (Å²) >= 11 is 0. The van der Waals surface area contributed by atoms with Crippen LogP contribution in [0.5, 0.6) is 5.75 Å². The van der Waals surface area contributed by atoms with E-state index in [2.05, 4.69) is 15.3 Å². The van der Waals surface area contributed by atoms with E-state index >= 15 is 0 Å². The molecule has 4 atom stereocenters. The number of rotatable bonds is 10. The number of benzene rings is 3. The first-order chi connectivity index (χ1) is 23.0. The molecule has 4 aromatic rings. The van der Waals surface area contributed by atoms with Crippen LogP contribution < -0.4 is 36.6 Å². The summed E-state index contributed by atoms with van der Waals surface area (Å²) in [5.41, 5.74) is 21.0. The summed E-state index contributed by atoms with van der Waals surface area (Å²) in [6.45, 7) is 3.23. The number of aromatic hydroxyl groups is 1. The van der Waals surface area contributed by atoms with Crippen LogP contribution in [0.25, 0.3) is 0 Å². The zero-order chi connectivity index (χ0) is 34.0. The second kappa shape index (κ2) is 13.9. The lowest BCUT2D eigenvalue weighted by atomic mass is 10.0. The van der Waals surface area contributed by atoms with Gasteiger partial charge in [-0.15, -0.1) is 0 Å². The maximum absolute atomic E-state index is 14.0. The average Bonchev–Trinajstić information content (AvgIpc) is 3.45. The van der Waals surface area contributed by atoms with E-state index in [1.54, 1.807) is 36.4 Å². The summed E-state index contributed by atoms with van der Waals surface area (Å²) in [5.74, 6) is 0.617. The first-order valence-electron chi connectivity index (χ1n) is 15.9. The number of sulfonamides is 1. The van der Waals surface area contributed by atoms with Crippen LogP contribution in [0.15, 0.2) is 77.7 Å². The van der Waals surface area contributed by atoms with Gasteiger partial charge in [0.1, 0.15) is 5.75 Å². The fraction of sp³-hybridized carbons (Fsp3) is 0.364. The van der Waals surface area contributed by atoms with Crippen molar-refractivity contribution in [3.8, 4) is 5.75 Å². The van der Waals surface area contributed by atoms with Crippen molar-refractivity contribution in [3.63, 3.8) is 0 Å². The number of aryl methyl sites for hydroxylation is 1. The van der Waals surface area contributed by atoms with Gasteiger partial charge in [-0.1, -0.05) is 48.0 Å². The monoisotopic (exact) mass is 674 g/mol. The van der Waals surface area contributed by atoms with Gasteiger partial charge in [0.15, 0.2) is 0 Å². The highest BCUT2D eigenvalue weighted by Gasteiger charge is 2.33. The van der Waals surface area contributed by atoms with Gasteiger partial charge in [0, 0.05) is 49.5 Å². The van der Waals surface area contributed by atoms with E-state index in [4.69, 9.17) is 22.2 Å². The molecule has 0 saturated carbocycles. The molecule has 0 aliphatic carbocycles. The highest BCUT2D eigenvalue weighted by molar-refractivity contribution is 7.92. The second-order valence-electron chi connectivity index (χ2n) is 12.5. The smallest absolute Gasteiger partial charge is 0.264 e. The normalized spacial score (nSPS) is 21.4. The van der Waals surface area contributed by atoms with Crippen LogP contribution in [0.1, 0.15) is 24.0 Å². The van der Waals surface area contributed by atoms with Crippen molar-refractivity contribution in [2.75, 3.05) is 45.7 Å². The molecule has 2 fully saturated rings. The van der Waals surface area contributed by atoms with Crippen LogP contribution in [0.2, 0.25) is 0 Å². The standard InChI is InChI=1S/C33H42N10O4S/c1-21-7-10-28(11-8-21)48(46,47)43(16-22-5-3-2-4-6-22)29-12-9-26(15-30(29)45)37-31-38-32(41-17-23(34)13-24(35)18-41)40-33(39-31)42-19-25(36)14-27(42)20-44/h2-12,15,23-25,27,44-45H,13-14,16-20,34-36H2,1H3,(H,37,38,39,40)/t23-,24+,25-,27-/m1/s1. The second-order valence-corrected chi connectivity index (χ2v) is 14.4. The zero-order valence-corrected chi connectivity index (χ0v) is 27.5. The predicted octanol–water partition coefficient (Wildman–Crippen LogP) is 1.79. The summed E-state index contributed by atoms with van der Waals surface area (Å²) < 4.78 is 29.1. The predicted molar refractivity (Wildman–Crippen MR) is 186 cm³/mol. The number of hydrogen-bond acceptors (Lipinski definition) is 13. The third kappa shape index (κ3) is 7.29. The number of phenols is 1. The Kier molecular flexibility index (Phi) is 9.66. The Balaban J connectivity index is 1.35. The van der Waals surface area contributed by atoms with E-state index in [1.807, 2.05) is 47.1 Å². The molecule has 0 amide bonds. The number of piperidine rings is 1. The summed E-state index contributed by atoms with van der Waals surface area (Å²) in [6, 6.07) is 19.7. The number of nitrogens with two attached hydrogens (primary N) is 3. The molecule has 15 heteroatoms. The van der Waals surface area contributed by atoms with Crippen molar-refractivity contribution in [2.45, 2.75) is 55.4 Å². The van der Waals surface area contributed by atoms with Crippen LogP contribution in [-0.2, 0) is 16.6 Å². The molecule has 1 aromatic heterocycles. The molecule has 254 valence electrons. The van der Waals surface area contributed by atoms with Crippen LogP contribution in [0.4, 0.5) is 29.2 Å². The number of phenolic OH excluding ortho intramolecular Hbond substituents is 1. The molecule has 2 aliphatic rings. The highest BCUT2D eigenvalue weighted by atomic mass is 32.2. The molecule has 0 bridgehead atoms. The van der Waals surface area contributed by atoms with Gasteiger partial charge in [-0.3, -0.25) is 4.31 Å². The lowest BCUT2D eigenvalue weighted by molar-refractivity contribution is 0.264. The van der Waals surface area contributed by atoms with Gasteiger partial charge in [-0.2, -0.15) is 15.0 Å². The number of anilines is 5. The summed E-state index contributed by atoms with van der Waals surface area (Å²) in [6.07, 6.45) is 1.26. The van der Waals surface area contributed by atoms with E-state index < -0.39 is 10.0 Å². The van der Waals surface area contributed by atoms with Gasteiger partial charge in [-0.05, 0) is 49.6 Å². The Morgan fingerprint density at radius 2 is 1.54 bits per heavy atom. The van der Waals surface area contributed by atoms with Crippen LogP contribution in [0, 0.1) is 6.92 Å². The van der Waals surface area contributed by atoms with Gasteiger partial charge in [0.05, 0.1) is 29.8 Å². The summed E-state index contributed by atoms with van der Waals surface area (Å²) in [7, 11) is -4.06. The number of aromatic nitrogens is 3. The van der Waals surface area contributed by atoms with Crippen molar-refractivity contribution in [3.05, 3.63) is 83.9 Å². The Morgan fingerprint density at radius 1 is 0.875 bits per heavy atom. The van der Waals surface area contributed by atoms with Crippen LogP contribution >= 0.6 is 0 Å². The largest absolute Gasteiger partial charge is 0.506 e. The fourth-order valence-electron chi connectivity index (χ4n) is 6.22. The molecule has 0 unspecified atom stereocenters. The molecular weight excluding hydrogens is 632 g/mol. The van der Waals surface area contributed by atoms with E-state index in [9.17, 15) is 18.6 Å². The van der Waals surface area contributed by atoms with Gasteiger partial charge in [-0.25, -0.2) is 8.42 Å². The van der Waals surface area contributed by atoms with Gasteiger partial charge >= 0.3 is 0 Å². The zero-order valence-electron chi connectivity index (χ0n) is 26.7. The minimum absolute atomic E-state index is 0.00166. The van der Waals surface area contributed by atoms with E-state index in [0.29, 0.717) is 50.1 Å². The molecule has 6 rings (SSSR count). The molecule has 48 heavy (non-hydrogen) atoms. The van der Waals surface area contributed by atoms with Crippen molar-refractivity contribution in [1.29, 1.82) is 0 Å². The highest BCUT2D eigenvalue weighted by Crippen LogP contribution is 2.36. The van der Waals surface area contributed by atoms with E-state index in [0.717, 1.165) is 11.1 Å². The molecule has 0 spiro atoms. The number of hydrogen-bond donors (Lipinski definition) is 6. The third-order valence-electron chi connectivity index (χ3n) is 8.60. The molecular formula is C33H42N10O4S. The first-order valence-corrected chi connectivity index (χ1v) is 17.3. The third-order valence-corrected chi connectivity index (χ3v) is 10.4. The number of aliphatic hydroxyl groups excluding tert-OH is 1. The van der Waals surface area contributed by atoms with E-state index in [-0.39, 0.29) is 59.6 Å². The van der Waals surface area contributed by atoms with Crippen molar-refractivity contribution < 1.29 is 18.6 Å². The lowest BCUT2D eigenvalue weighted by Crippen LogP contribution is -2.53. The molecule has 14 nitrogen and oxygen atoms in total. The Hall–Kier alpha value is -4.54. The number of nitrogens with zero attached hydrogens (tertiary/aromatic N) is 6. The molecule has 3 heterocycles. The molecule has 2 saturated heterocycles. The topological polar surface area (TPSA) is 213 Å². The van der Waals surface area contributed by atoms with Crippen molar-refractivity contribution in [1.82, 2.24) is 15.0 Å². The Bertz CT molecular complexity index is 1820. The number of aliphatic hydroxyl groups is 1.